The zero-order valence-corrected chi connectivity index (χ0v) is 18.4. The first-order chi connectivity index (χ1) is 15.8. The monoisotopic (exact) mass is 463 g/mol. The molecule has 0 saturated carbocycles. The second-order valence-electron chi connectivity index (χ2n) is 7.24. The molecule has 0 aliphatic carbocycles. The summed E-state index contributed by atoms with van der Waals surface area (Å²) in [6.45, 7) is 1.51. The Labute approximate surface area is 193 Å². The third kappa shape index (κ3) is 4.04. The largest absolute Gasteiger partial charge is 0.495 e. The molecule has 0 unspecified atom stereocenters. The molecule has 0 saturated heterocycles. The summed E-state index contributed by atoms with van der Waals surface area (Å²) in [4.78, 5) is 36.9. The number of anilines is 1. The number of pyridine rings is 1. The molecule has 2 heterocycles. The highest BCUT2D eigenvalue weighted by atomic mass is 35.5. The molecule has 166 valence electrons. The van der Waals surface area contributed by atoms with Crippen LogP contribution in [0.25, 0.3) is 16.6 Å². The van der Waals surface area contributed by atoms with Crippen molar-refractivity contribution >= 4 is 40.2 Å². The van der Waals surface area contributed by atoms with Crippen molar-refractivity contribution in [3.05, 3.63) is 93.3 Å². The van der Waals surface area contributed by atoms with Crippen LogP contribution in [0.4, 0.5) is 11.4 Å². The highest BCUT2D eigenvalue weighted by molar-refractivity contribution is 6.47. The molecule has 1 amide bonds. The molecule has 0 atom stereocenters. The Kier molecular flexibility index (Phi) is 5.85. The number of nitrogens with zero attached hydrogens (tertiary/aromatic N) is 2. The van der Waals surface area contributed by atoms with Crippen molar-refractivity contribution in [2.45, 2.75) is 6.92 Å². The molecule has 9 heteroatoms. The van der Waals surface area contributed by atoms with E-state index < -0.39 is 16.6 Å². The lowest BCUT2D eigenvalue weighted by molar-refractivity contribution is -0.385. The lowest BCUT2D eigenvalue weighted by atomic mass is 10.0. The maximum Gasteiger partial charge on any atom is 0.298 e. The van der Waals surface area contributed by atoms with Gasteiger partial charge in [0.05, 0.1) is 28.3 Å². The number of methoxy groups -OCH3 is 1. The molecule has 0 fully saturated rings. The number of nitrogens with one attached hydrogen (secondary N) is 1. The maximum absolute atomic E-state index is 13.3. The Hall–Kier alpha value is -4.17. The van der Waals surface area contributed by atoms with Crippen molar-refractivity contribution in [2.75, 3.05) is 12.4 Å². The Bertz CT molecular complexity index is 1430. The van der Waals surface area contributed by atoms with Crippen molar-refractivity contribution in [3.63, 3.8) is 0 Å². The smallest absolute Gasteiger partial charge is 0.298 e. The van der Waals surface area contributed by atoms with E-state index in [0.29, 0.717) is 27.4 Å². The van der Waals surface area contributed by atoms with Crippen LogP contribution in [0.2, 0.25) is 5.02 Å². The number of carbonyl (C=O) groups is 2. The van der Waals surface area contributed by atoms with E-state index in [4.69, 9.17) is 16.3 Å². The van der Waals surface area contributed by atoms with Crippen molar-refractivity contribution < 1.29 is 19.2 Å². The average molecular weight is 464 g/mol. The van der Waals surface area contributed by atoms with E-state index in [0.717, 1.165) is 0 Å². The fourth-order valence-corrected chi connectivity index (χ4v) is 3.91. The average Bonchev–Trinajstić information content (AvgIpc) is 3.19. The van der Waals surface area contributed by atoms with Gasteiger partial charge in [-0.25, -0.2) is 0 Å². The molecule has 4 rings (SSSR count). The number of hydrogen-bond donors (Lipinski definition) is 1. The highest BCUT2D eigenvalue weighted by Gasteiger charge is 2.26. The molecular weight excluding hydrogens is 446 g/mol. The summed E-state index contributed by atoms with van der Waals surface area (Å²) in [5.41, 5.74) is 2.30. The van der Waals surface area contributed by atoms with Gasteiger partial charge in [-0.05, 0) is 48.9 Å². The number of hydrogen-bond acceptors (Lipinski definition) is 5. The molecule has 1 N–H and O–H groups in total. The van der Waals surface area contributed by atoms with E-state index in [1.807, 2.05) is 12.1 Å². The summed E-state index contributed by atoms with van der Waals surface area (Å²) in [5, 5.41) is 14.1. The summed E-state index contributed by atoms with van der Waals surface area (Å²) in [6, 6.07) is 16.5. The predicted octanol–water partition coefficient (Wildman–Crippen LogP) is 5.31. The van der Waals surface area contributed by atoms with Gasteiger partial charge in [0.25, 0.3) is 17.4 Å². The minimum atomic E-state index is -0.914. The fraction of sp³-hybridized carbons (Fsp3) is 0.0833. The number of amides is 1. The van der Waals surface area contributed by atoms with Crippen LogP contribution < -0.4 is 10.1 Å². The van der Waals surface area contributed by atoms with Crippen molar-refractivity contribution in [1.82, 2.24) is 4.40 Å². The van der Waals surface area contributed by atoms with Gasteiger partial charge in [-0.2, -0.15) is 0 Å². The number of halogens is 1. The number of ketones is 1. The van der Waals surface area contributed by atoms with E-state index in [-0.39, 0.29) is 22.6 Å². The number of aromatic nitrogens is 1. The minimum Gasteiger partial charge on any atom is -0.495 e. The zero-order chi connectivity index (χ0) is 23.7. The second-order valence-corrected chi connectivity index (χ2v) is 7.65. The summed E-state index contributed by atoms with van der Waals surface area (Å²) >= 11 is 6.29. The zero-order valence-electron chi connectivity index (χ0n) is 17.7. The van der Waals surface area contributed by atoms with E-state index in [1.165, 1.54) is 32.2 Å². The molecule has 0 aliphatic heterocycles. The molecule has 0 spiro atoms. The lowest BCUT2D eigenvalue weighted by Gasteiger charge is -2.10. The summed E-state index contributed by atoms with van der Waals surface area (Å²) < 4.78 is 6.82. The van der Waals surface area contributed by atoms with E-state index in [2.05, 4.69) is 5.32 Å². The van der Waals surface area contributed by atoms with Crippen molar-refractivity contribution in [1.29, 1.82) is 0 Å². The first kappa shape index (κ1) is 22.0. The van der Waals surface area contributed by atoms with Gasteiger partial charge in [-0.1, -0.05) is 29.8 Å². The van der Waals surface area contributed by atoms with E-state index in [9.17, 15) is 19.7 Å². The van der Waals surface area contributed by atoms with Crippen LogP contribution in [0.1, 0.15) is 16.1 Å². The second kappa shape index (κ2) is 8.76. The SMILES string of the molecule is COc1ccc(-c2cc3ccccn3c2C(=O)C(=O)Nc2cccc([N+](=O)[O-])c2C)cc1Cl. The number of nitro groups is 1. The molecule has 2 aromatic heterocycles. The number of Topliss-reactive ketones (excluding diaryl/α,β-unsaturated/α-hetero) is 1. The first-order valence-electron chi connectivity index (χ1n) is 9.85. The van der Waals surface area contributed by atoms with Crippen LogP contribution in [0.15, 0.2) is 66.9 Å². The van der Waals surface area contributed by atoms with Crippen LogP contribution >= 0.6 is 11.6 Å². The number of ether oxygens (including phenoxy) is 1. The summed E-state index contributed by atoms with van der Waals surface area (Å²) in [6.07, 6.45) is 1.68. The third-order valence-electron chi connectivity index (χ3n) is 5.31. The molecule has 0 bridgehead atoms. The van der Waals surface area contributed by atoms with E-state index >= 15 is 0 Å². The Balaban J connectivity index is 1.78. The van der Waals surface area contributed by atoms with Crippen LogP contribution in [-0.2, 0) is 4.79 Å². The molecule has 4 aromatic rings. The van der Waals surface area contributed by atoms with Gasteiger partial charge in [-0.3, -0.25) is 19.7 Å². The number of benzene rings is 2. The Morgan fingerprint density at radius 2 is 1.88 bits per heavy atom. The van der Waals surface area contributed by atoms with Crippen LogP contribution in [0.5, 0.6) is 5.75 Å². The predicted molar refractivity (Wildman–Crippen MR) is 125 cm³/mol. The molecule has 0 aliphatic rings. The standard InChI is InChI=1S/C24H18ClN3O5/c1-14-19(7-5-8-20(14)28(31)32)26-24(30)23(29)22-17(13-16-6-3-4-11-27(16)22)15-9-10-21(33-2)18(25)12-15/h3-13H,1-2H3,(H,26,30). The fourth-order valence-electron chi connectivity index (χ4n) is 3.65. The summed E-state index contributed by atoms with van der Waals surface area (Å²) in [7, 11) is 1.50. The molecule has 33 heavy (non-hydrogen) atoms. The van der Waals surface area contributed by atoms with Crippen molar-refractivity contribution in [2.24, 2.45) is 0 Å². The molecular formula is C24H18ClN3O5. The van der Waals surface area contributed by atoms with Gasteiger partial charge in [0, 0.05) is 23.3 Å². The lowest BCUT2D eigenvalue weighted by Crippen LogP contribution is -2.25. The molecule has 2 aromatic carbocycles. The number of fused-ring (bicyclic) bond motifs is 1. The van der Waals surface area contributed by atoms with Gasteiger partial charge in [-0.15, -0.1) is 0 Å². The van der Waals surface area contributed by atoms with Gasteiger partial charge in [0.2, 0.25) is 0 Å². The quantitative estimate of drug-likeness (QED) is 0.181. The number of carbonyl (C=O) groups excluding carboxylic acids is 2. The first-order valence-corrected chi connectivity index (χ1v) is 10.2. The van der Waals surface area contributed by atoms with Gasteiger partial charge < -0.3 is 14.5 Å². The van der Waals surface area contributed by atoms with Gasteiger partial charge >= 0.3 is 0 Å². The summed E-state index contributed by atoms with van der Waals surface area (Å²) in [5.74, 6) is -1.23. The number of nitro benzene ring substituents is 1. The molecule has 8 nitrogen and oxygen atoms in total. The molecule has 0 radical (unpaired) electrons. The van der Waals surface area contributed by atoms with Gasteiger partial charge in [0.15, 0.2) is 0 Å². The van der Waals surface area contributed by atoms with Crippen LogP contribution in [-0.4, -0.2) is 28.1 Å². The topological polar surface area (TPSA) is 103 Å². The number of rotatable bonds is 6. The third-order valence-corrected chi connectivity index (χ3v) is 5.61. The van der Waals surface area contributed by atoms with E-state index in [1.54, 1.807) is 40.9 Å². The maximum atomic E-state index is 13.3. The Morgan fingerprint density at radius 3 is 2.58 bits per heavy atom. The van der Waals surface area contributed by atoms with Gasteiger partial charge in [0.1, 0.15) is 11.4 Å². The highest BCUT2D eigenvalue weighted by Crippen LogP contribution is 2.34. The van der Waals surface area contributed by atoms with Crippen LogP contribution in [0, 0.1) is 17.0 Å². The normalized spacial score (nSPS) is 10.8. The minimum absolute atomic E-state index is 0.146. The van der Waals surface area contributed by atoms with Crippen molar-refractivity contribution in [3.8, 4) is 16.9 Å². The Morgan fingerprint density at radius 1 is 1.09 bits per heavy atom. The van der Waals surface area contributed by atoms with Crippen LogP contribution in [0.3, 0.4) is 0 Å².